The third kappa shape index (κ3) is 1.74. The van der Waals surface area contributed by atoms with Crippen molar-refractivity contribution in [1.29, 1.82) is 0 Å². The van der Waals surface area contributed by atoms with E-state index in [9.17, 15) is 0 Å². The second-order valence-corrected chi connectivity index (χ2v) is 3.75. The number of rotatable bonds is 1. The van der Waals surface area contributed by atoms with E-state index in [2.05, 4.69) is 24.1 Å². The first-order valence-electron chi connectivity index (χ1n) is 4.69. The second kappa shape index (κ2) is 3.48. The zero-order valence-corrected chi connectivity index (χ0v) is 7.95. The van der Waals surface area contributed by atoms with Gasteiger partial charge in [-0.25, -0.2) is 0 Å². The molecule has 1 aliphatic rings. The molecule has 0 unspecified atom stereocenters. The summed E-state index contributed by atoms with van der Waals surface area (Å²) in [6.45, 7) is 2.31. The van der Waals surface area contributed by atoms with E-state index in [0.29, 0.717) is 0 Å². The van der Waals surface area contributed by atoms with Crippen molar-refractivity contribution in [2.24, 2.45) is 0 Å². The highest BCUT2D eigenvalue weighted by molar-refractivity contribution is 5.33. The number of benzene rings is 1. The molecule has 0 radical (unpaired) electrons. The smallest absolute Gasteiger partial charge is 0.0681 e. The van der Waals surface area contributed by atoms with Crippen LogP contribution in [0.2, 0.25) is 0 Å². The van der Waals surface area contributed by atoms with Crippen molar-refractivity contribution < 1.29 is 5.11 Å². The van der Waals surface area contributed by atoms with Crippen LogP contribution < -0.4 is 0 Å². The molecule has 1 aromatic rings. The minimum Gasteiger partial charge on any atom is -0.392 e. The largest absolute Gasteiger partial charge is 0.392 e. The second-order valence-electron chi connectivity index (χ2n) is 3.75. The molecule has 0 amide bonds. The maximum atomic E-state index is 8.99. The van der Waals surface area contributed by atoms with Gasteiger partial charge in [0.1, 0.15) is 0 Å². The lowest BCUT2D eigenvalue weighted by Gasteiger charge is -2.25. The van der Waals surface area contributed by atoms with Gasteiger partial charge in [0.25, 0.3) is 0 Å². The van der Waals surface area contributed by atoms with Crippen LogP contribution in [0.1, 0.15) is 16.7 Å². The standard InChI is InChI=1S/C11H15NO/c1-12-5-4-10-3-2-9(8-13)6-11(10)7-12/h2-3,6,13H,4-5,7-8H2,1H3. The summed E-state index contributed by atoms with van der Waals surface area (Å²) in [5.41, 5.74) is 3.84. The minimum absolute atomic E-state index is 0.150. The first-order chi connectivity index (χ1) is 6.29. The van der Waals surface area contributed by atoms with Gasteiger partial charge in [-0.15, -0.1) is 0 Å². The van der Waals surface area contributed by atoms with E-state index < -0.39 is 0 Å². The monoisotopic (exact) mass is 177 g/mol. The SMILES string of the molecule is CN1CCc2ccc(CO)cc2C1. The first kappa shape index (κ1) is 8.73. The number of fused-ring (bicyclic) bond motifs is 1. The van der Waals surface area contributed by atoms with E-state index >= 15 is 0 Å². The Hall–Kier alpha value is -0.860. The molecule has 0 spiro atoms. The third-order valence-corrected chi connectivity index (χ3v) is 2.66. The number of aliphatic hydroxyl groups excluding tert-OH is 1. The van der Waals surface area contributed by atoms with Gasteiger partial charge in [0.05, 0.1) is 6.61 Å². The summed E-state index contributed by atoms with van der Waals surface area (Å²) in [6, 6.07) is 6.28. The maximum absolute atomic E-state index is 8.99. The molecule has 1 N–H and O–H groups in total. The van der Waals surface area contributed by atoms with Gasteiger partial charge in [0.2, 0.25) is 0 Å². The fourth-order valence-corrected chi connectivity index (χ4v) is 1.85. The number of hydrogen-bond donors (Lipinski definition) is 1. The summed E-state index contributed by atoms with van der Waals surface area (Å²) in [5.74, 6) is 0. The fraction of sp³-hybridized carbons (Fsp3) is 0.455. The summed E-state index contributed by atoms with van der Waals surface area (Å²) in [5, 5.41) is 8.99. The lowest BCUT2D eigenvalue weighted by Crippen LogP contribution is -2.26. The van der Waals surface area contributed by atoms with Gasteiger partial charge in [0.15, 0.2) is 0 Å². The molecule has 2 rings (SSSR count). The molecular weight excluding hydrogens is 162 g/mol. The van der Waals surface area contributed by atoms with Crippen LogP contribution in [0.4, 0.5) is 0 Å². The summed E-state index contributed by atoms with van der Waals surface area (Å²) >= 11 is 0. The Bertz CT molecular complexity index is 309. The molecule has 1 heterocycles. The predicted octanol–water partition coefficient (Wildman–Crippen LogP) is 1.17. The summed E-state index contributed by atoms with van der Waals surface area (Å²) in [6.07, 6.45) is 1.14. The van der Waals surface area contributed by atoms with Crippen LogP contribution >= 0.6 is 0 Å². The van der Waals surface area contributed by atoms with E-state index in [1.54, 1.807) is 0 Å². The molecular formula is C11H15NO. The van der Waals surface area contributed by atoms with Crippen molar-refractivity contribution in [3.63, 3.8) is 0 Å². The Morgan fingerprint density at radius 2 is 2.23 bits per heavy atom. The van der Waals surface area contributed by atoms with Crippen LogP contribution in [0.25, 0.3) is 0 Å². The molecule has 13 heavy (non-hydrogen) atoms. The lowest BCUT2D eigenvalue weighted by molar-refractivity contribution is 0.280. The van der Waals surface area contributed by atoms with Gasteiger partial charge in [-0.05, 0) is 30.2 Å². The number of nitrogens with zero attached hydrogens (tertiary/aromatic N) is 1. The molecule has 0 bridgehead atoms. The number of likely N-dealkylation sites (N-methyl/N-ethyl adjacent to an activating group) is 1. The average molecular weight is 177 g/mol. The molecule has 1 aromatic carbocycles. The average Bonchev–Trinajstić information content (AvgIpc) is 2.16. The van der Waals surface area contributed by atoms with Crippen LogP contribution in [0, 0.1) is 0 Å². The molecule has 2 heteroatoms. The Morgan fingerprint density at radius 1 is 1.38 bits per heavy atom. The highest BCUT2D eigenvalue weighted by atomic mass is 16.3. The zero-order chi connectivity index (χ0) is 9.26. The highest BCUT2D eigenvalue weighted by Gasteiger charge is 2.12. The molecule has 0 fully saturated rings. The van der Waals surface area contributed by atoms with Crippen molar-refractivity contribution in [2.45, 2.75) is 19.6 Å². The van der Waals surface area contributed by atoms with E-state index in [1.807, 2.05) is 6.07 Å². The molecule has 2 nitrogen and oxygen atoms in total. The molecule has 0 saturated heterocycles. The van der Waals surface area contributed by atoms with Gasteiger partial charge >= 0.3 is 0 Å². The number of aliphatic hydroxyl groups is 1. The van der Waals surface area contributed by atoms with Crippen LogP contribution in [0.15, 0.2) is 18.2 Å². The van der Waals surface area contributed by atoms with Gasteiger partial charge in [0, 0.05) is 13.1 Å². The topological polar surface area (TPSA) is 23.5 Å². The molecule has 1 aliphatic heterocycles. The molecule has 0 aliphatic carbocycles. The summed E-state index contributed by atoms with van der Waals surface area (Å²) in [4.78, 5) is 2.31. The maximum Gasteiger partial charge on any atom is 0.0681 e. The quantitative estimate of drug-likeness (QED) is 0.696. The Kier molecular flexibility index (Phi) is 2.34. The van der Waals surface area contributed by atoms with Gasteiger partial charge in [-0.2, -0.15) is 0 Å². The first-order valence-corrected chi connectivity index (χ1v) is 4.69. The molecule has 0 saturated carbocycles. The lowest BCUT2D eigenvalue weighted by atomic mass is 9.98. The van der Waals surface area contributed by atoms with E-state index in [0.717, 1.165) is 25.1 Å². The zero-order valence-electron chi connectivity index (χ0n) is 7.95. The van der Waals surface area contributed by atoms with Crippen molar-refractivity contribution in [3.8, 4) is 0 Å². The highest BCUT2D eigenvalue weighted by Crippen LogP contribution is 2.19. The van der Waals surface area contributed by atoms with Gasteiger partial charge < -0.3 is 10.0 Å². The van der Waals surface area contributed by atoms with E-state index in [1.165, 1.54) is 11.1 Å². The summed E-state index contributed by atoms with van der Waals surface area (Å²) in [7, 11) is 2.13. The van der Waals surface area contributed by atoms with Crippen LogP contribution in [-0.2, 0) is 19.6 Å². The normalized spacial score (nSPS) is 17.1. The van der Waals surface area contributed by atoms with Crippen molar-refractivity contribution >= 4 is 0 Å². The van der Waals surface area contributed by atoms with Crippen molar-refractivity contribution in [3.05, 3.63) is 34.9 Å². The van der Waals surface area contributed by atoms with E-state index in [4.69, 9.17) is 5.11 Å². The molecule has 70 valence electrons. The fourth-order valence-electron chi connectivity index (χ4n) is 1.85. The molecule has 0 aromatic heterocycles. The molecule has 0 atom stereocenters. The Morgan fingerprint density at radius 3 is 3.00 bits per heavy atom. The Balaban J connectivity index is 2.32. The van der Waals surface area contributed by atoms with Crippen molar-refractivity contribution in [1.82, 2.24) is 4.90 Å². The van der Waals surface area contributed by atoms with Crippen LogP contribution in [0.5, 0.6) is 0 Å². The van der Waals surface area contributed by atoms with Gasteiger partial charge in [-0.1, -0.05) is 18.2 Å². The Labute approximate surface area is 78.8 Å². The third-order valence-electron chi connectivity index (χ3n) is 2.66. The van der Waals surface area contributed by atoms with Crippen LogP contribution in [0.3, 0.4) is 0 Å². The van der Waals surface area contributed by atoms with Gasteiger partial charge in [-0.3, -0.25) is 0 Å². The number of hydrogen-bond acceptors (Lipinski definition) is 2. The van der Waals surface area contributed by atoms with Crippen molar-refractivity contribution in [2.75, 3.05) is 13.6 Å². The van der Waals surface area contributed by atoms with Crippen LogP contribution in [-0.4, -0.2) is 23.6 Å². The summed E-state index contributed by atoms with van der Waals surface area (Å²) < 4.78 is 0. The predicted molar refractivity (Wildman–Crippen MR) is 52.4 cm³/mol. The minimum atomic E-state index is 0.150. The van der Waals surface area contributed by atoms with E-state index in [-0.39, 0.29) is 6.61 Å².